The SMILES string of the molecule is COc1ccc([C@H]2CCCN2CC(=O)NCCc2ccccc2)c(OC)c1. The zero-order valence-electron chi connectivity index (χ0n) is 16.1. The van der Waals surface area contributed by atoms with Crippen LogP contribution in [0.15, 0.2) is 48.5 Å². The largest absolute Gasteiger partial charge is 0.497 e. The van der Waals surface area contributed by atoms with Crippen molar-refractivity contribution in [3.63, 3.8) is 0 Å². The number of rotatable bonds is 8. The summed E-state index contributed by atoms with van der Waals surface area (Å²) in [5.74, 6) is 1.67. The Kier molecular flexibility index (Phi) is 6.71. The number of carbonyl (C=O) groups excluding carboxylic acids is 1. The van der Waals surface area contributed by atoms with Crippen molar-refractivity contribution >= 4 is 5.91 Å². The maximum atomic E-state index is 12.4. The van der Waals surface area contributed by atoms with E-state index in [1.807, 2.05) is 36.4 Å². The minimum Gasteiger partial charge on any atom is -0.497 e. The summed E-state index contributed by atoms with van der Waals surface area (Å²) in [5.41, 5.74) is 2.35. The lowest BCUT2D eigenvalue weighted by Gasteiger charge is -2.25. The molecule has 0 bridgehead atoms. The maximum Gasteiger partial charge on any atom is 0.234 e. The fraction of sp³-hybridized carbons (Fsp3) is 0.409. The van der Waals surface area contributed by atoms with Crippen LogP contribution in [-0.4, -0.2) is 44.7 Å². The van der Waals surface area contributed by atoms with Gasteiger partial charge in [-0.15, -0.1) is 0 Å². The summed E-state index contributed by atoms with van der Waals surface area (Å²) in [4.78, 5) is 14.7. The summed E-state index contributed by atoms with van der Waals surface area (Å²) in [6.45, 7) is 1.99. The van der Waals surface area contributed by atoms with Gasteiger partial charge in [-0.1, -0.05) is 36.4 Å². The molecule has 5 nitrogen and oxygen atoms in total. The van der Waals surface area contributed by atoms with E-state index in [9.17, 15) is 4.79 Å². The zero-order chi connectivity index (χ0) is 19.1. The highest BCUT2D eigenvalue weighted by molar-refractivity contribution is 5.78. The Balaban J connectivity index is 1.57. The summed E-state index contributed by atoms with van der Waals surface area (Å²) in [7, 11) is 3.32. The molecular formula is C22H28N2O3. The number of carbonyl (C=O) groups is 1. The van der Waals surface area contributed by atoms with E-state index >= 15 is 0 Å². The Morgan fingerprint density at radius 2 is 1.96 bits per heavy atom. The van der Waals surface area contributed by atoms with Gasteiger partial charge in [0.15, 0.2) is 0 Å². The first-order valence-corrected chi connectivity index (χ1v) is 9.48. The Morgan fingerprint density at radius 3 is 2.70 bits per heavy atom. The van der Waals surface area contributed by atoms with Gasteiger partial charge in [0.2, 0.25) is 5.91 Å². The lowest BCUT2D eigenvalue weighted by Crippen LogP contribution is -2.37. The van der Waals surface area contributed by atoms with Crippen LogP contribution in [0.4, 0.5) is 0 Å². The first kappa shape index (κ1) is 19.2. The van der Waals surface area contributed by atoms with E-state index in [1.165, 1.54) is 5.56 Å². The number of benzene rings is 2. The second kappa shape index (κ2) is 9.42. The number of nitrogens with one attached hydrogen (secondary N) is 1. The molecule has 1 amide bonds. The monoisotopic (exact) mass is 368 g/mol. The number of hydrogen-bond acceptors (Lipinski definition) is 4. The smallest absolute Gasteiger partial charge is 0.234 e. The number of amides is 1. The third-order valence-electron chi connectivity index (χ3n) is 5.09. The van der Waals surface area contributed by atoms with Crippen LogP contribution in [0.1, 0.15) is 30.0 Å². The Bertz CT molecular complexity index is 748. The van der Waals surface area contributed by atoms with Gasteiger partial charge in [-0.3, -0.25) is 9.69 Å². The number of methoxy groups -OCH3 is 2. The van der Waals surface area contributed by atoms with Crippen molar-refractivity contribution in [3.05, 3.63) is 59.7 Å². The van der Waals surface area contributed by atoms with Gasteiger partial charge >= 0.3 is 0 Å². The minimum atomic E-state index is 0.0744. The Hall–Kier alpha value is -2.53. The summed E-state index contributed by atoms with van der Waals surface area (Å²) in [6, 6.07) is 16.3. The van der Waals surface area contributed by atoms with E-state index in [2.05, 4.69) is 22.3 Å². The van der Waals surface area contributed by atoms with Crippen LogP contribution in [0.25, 0.3) is 0 Å². The summed E-state index contributed by atoms with van der Waals surface area (Å²) in [5, 5.41) is 3.05. The van der Waals surface area contributed by atoms with E-state index in [0.717, 1.165) is 42.9 Å². The van der Waals surface area contributed by atoms with Gasteiger partial charge in [0.05, 0.1) is 20.8 Å². The van der Waals surface area contributed by atoms with Crippen LogP contribution in [-0.2, 0) is 11.2 Å². The molecule has 1 atom stereocenters. The van der Waals surface area contributed by atoms with Crippen molar-refractivity contribution in [1.82, 2.24) is 10.2 Å². The number of ether oxygens (including phenoxy) is 2. The topological polar surface area (TPSA) is 50.8 Å². The van der Waals surface area contributed by atoms with Crippen molar-refractivity contribution in [3.8, 4) is 11.5 Å². The lowest BCUT2D eigenvalue weighted by molar-refractivity contribution is -0.122. The van der Waals surface area contributed by atoms with Gasteiger partial charge in [0.1, 0.15) is 11.5 Å². The molecule has 27 heavy (non-hydrogen) atoms. The number of nitrogens with zero attached hydrogens (tertiary/aromatic N) is 1. The second-order valence-corrected chi connectivity index (χ2v) is 6.82. The third-order valence-corrected chi connectivity index (χ3v) is 5.09. The van der Waals surface area contributed by atoms with Crippen molar-refractivity contribution in [2.75, 3.05) is 33.9 Å². The average molecular weight is 368 g/mol. The van der Waals surface area contributed by atoms with E-state index in [4.69, 9.17) is 9.47 Å². The molecule has 1 aliphatic heterocycles. The molecular weight excluding hydrogens is 340 g/mol. The average Bonchev–Trinajstić information content (AvgIpc) is 3.16. The fourth-order valence-electron chi connectivity index (χ4n) is 3.69. The molecule has 1 aliphatic rings. The van der Waals surface area contributed by atoms with Crippen LogP contribution in [0, 0.1) is 0 Å². The van der Waals surface area contributed by atoms with E-state index in [-0.39, 0.29) is 11.9 Å². The van der Waals surface area contributed by atoms with Crippen LogP contribution >= 0.6 is 0 Å². The van der Waals surface area contributed by atoms with Crippen molar-refractivity contribution in [2.45, 2.75) is 25.3 Å². The molecule has 1 fully saturated rings. The van der Waals surface area contributed by atoms with Crippen LogP contribution in [0.2, 0.25) is 0 Å². The van der Waals surface area contributed by atoms with Gasteiger partial charge in [-0.05, 0) is 37.4 Å². The molecule has 144 valence electrons. The van der Waals surface area contributed by atoms with E-state index in [1.54, 1.807) is 14.2 Å². The first-order chi connectivity index (χ1) is 13.2. The number of hydrogen-bond donors (Lipinski definition) is 1. The van der Waals surface area contributed by atoms with E-state index in [0.29, 0.717) is 13.1 Å². The quantitative estimate of drug-likeness (QED) is 0.777. The Labute approximate surface area is 161 Å². The predicted molar refractivity (Wildman–Crippen MR) is 106 cm³/mol. The highest BCUT2D eigenvalue weighted by Crippen LogP contribution is 2.38. The van der Waals surface area contributed by atoms with Crippen molar-refractivity contribution < 1.29 is 14.3 Å². The predicted octanol–water partition coefficient (Wildman–Crippen LogP) is 3.20. The molecule has 0 spiro atoms. The molecule has 1 N–H and O–H groups in total. The third kappa shape index (κ3) is 5.01. The lowest BCUT2D eigenvalue weighted by atomic mass is 10.0. The highest BCUT2D eigenvalue weighted by Gasteiger charge is 2.29. The molecule has 2 aromatic carbocycles. The summed E-state index contributed by atoms with van der Waals surface area (Å²) >= 11 is 0. The van der Waals surface area contributed by atoms with Crippen molar-refractivity contribution in [1.29, 1.82) is 0 Å². The summed E-state index contributed by atoms with van der Waals surface area (Å²) < 4.78 is 10.8. The molecule has 1 saturated heterocycles. The Morgan fingerprint density at radius 1 is 1.15 bits per heavy atom. The molecule has 5 heteroatoms. The molecule has 3 rings (SSSR count). The van der Waals surface area contributed by atoms with Gasteiger partial charge < -0.3 is 14.8 Å². The molecule has 1 heterocycles. The standard InChI is InChI=1S/C22H28N2O3/c1-26-18-10-11-19(21(15-18)27-2)20-9-6-14-24(20)16-22(25)23-13-12-17-7-4-3-5-8-17/h3-5,7-8,10-11,15,20H,6,9,12-14,16H2,1-2H3,(H,23,25)/t20-/m1/s1. The van der Waals surface area contributed by atoms with Crippen molar-refractivity contribution in [2.24, 2.45) is 0 Å². The van der Waals surface area contributed by atoms with Gasteiger partial charge in [0, 0.05) is 24.2 Å². The maximum absolute atomic E-state index is 12.4. The molecule has 2 aromatic rings. The zero-order valence-corrected chi connectivity index (χ0v) is 16.1. The number of likely N-dealkylation sites (tertiary alicyclic amines) is 1. The molecule has 0 aliphatic carbocycles. The minimum absolute atomic E-state index is 0.0744. The fourth-order valence-corrected chi connectivity index (χ4v) is 3.69. The molecule has 0 saturated carbocycles. The van der Waals surface area contributed by atoms with Gasteiger partial charge in [0.25, 0.3) is 0 Å². The van der Waals surface area contributed by atoms with Crippen LogP contribution in [0.5, 0.6) is 11.5 Å². The van der Waals surface area contributed by atoms with E-state index < -0.39 is 0 Å². The molecule has 0 unspecified atom stereocenters. The van der Waals surface area contributed by atoms with Gasteiger partial charge in [-0.2, -0.15) is 0 Å². The first-order valence-electron chi connectivity index (χ1n) is 9.48. The molecule has 0 aromatic heterocycles. The highest BCUT2D eigenvalue weighted by atomic mass is 16.5. The second-order valence-electron chi connectivity index (χ2n) is 6.82. The van der Waals surface area contributed by atoms with Gasteiger partial charge in [-0.25, -0.2) is 0 Å². The normalized spacial score (nSPS) is 16.9. The van der Waals surface area contributed by atoms with Crippen LogP contribution in [0.3, 0.4) is 0 Å². The summed E-state index contributed by atoms with van der Waals surface area (Å²) in [6.07, 6.45) is 2.96. The molecule has 0 radical (unpaired) electrons. The van der Waals surface area contributed by atoms with Crippen LogP contribution < -0.4 is 14.8 Å².